The molecule has 0 amide bonds. The third kappa shape index (κ3) is 3.33. The van der Waals surface area contributed by atoms with Gasteiger partial charge in [-0.25, -0.2) is 4.79 Å². The molecule has 0 spiro atoms. The van der Waals surface area contributed by atoms with E-state index in [4.69, 9.17) is 25.4 Å². The number of hydrogen-bond donors (Lipinski definition) is 7. The molecule has 124 valence electrons. The molecule has 10 nitrogen and oxygen atoms in total. The highest BCUT2D eigenvalue weighted by Gasteiger charge is 2.60. The summed E-state index contributed by atoms with van der Waals surface area (Å²) in [5.41, 5.74) is 5.65. The summed E-state index contributed by atoms with van der Waals surface area (Å²) in [4.78, 5) is 11.2. The lowest BCUT2D eigenvalue weighted by atomic mass is 9.87. The average Bonchev–Trinajstić information content (AvgIpc) is 2.45. The number of nitrogens with two attached hydrogens (primary N) is 1. The van der Waals surface area contributed by atoms with E-state index in [1.807, 2.05) is 0 Å². The molecule has 1 rings (SSSR count). The molecule has 0 bridgehead atoms. The van der Waals surface area contributed by atoms with Crippen LogP contribution in [0.5, 0.6) is 0 Å². The molecule has 1 aliphatic heterocycles. The zero-order valence-electron chi connectivity index (χ0n) is 11.4. The Morgan fingerprint density at radius 1 is 1.48 bits per heavy atom. The Labute approximate surface area is 120 Å². The van der Waals surface area contributed by atoms with Crippen LogP contribution in [0, 0.1) is 0 Å². The second-order valence-corrected chi connectivity index (χ2v) is 4.77. The van der Waals surface area contributed by atoms with Gasteiger partial charge in [-0.1, -0.05) is 0 Å². The van der Waals surface area contributed by atoms with Crippen molar-refractivity contribution in [1.29, 1.82) is 0 Å². The third-order valence-corrected chi connectivity index (χ3v) is 3.36. The molecule has 21 heavy (non-hydrogen) atoms. The lowest BCUT2D eigenvalue weighted by Crippen LogP contribution is -2.73. The van der Waals surface area contributed by atoms with Crippen LogP contribution in [0.15, 0.2) is 0 Å². The highest BCUT2D eigenvalue weighted by Crippen LogP contribution is 2.32. The van der Waals surface area contributed by atoms with Crippen molar-refractivity contribution in [2.75, 3.05) is 13.2 Å². The van der Waals surface area contributed by atoms with Gasteiger partial charge >= 0.3 is 5.97 Å². The van der Waals surface area contributed by atoms with Crippen molar-refractivity contribution >= 4 is 5.97 Å². The van der Waals surface area contributed by atoms with Gasteiger partial charge in [0.05, 0.1) is 12.6 Å². The minimum Gasteiger partial charge on any atom is -0.477 e. The molecule has 2 unspecified atom stereocenters. The predicted octanol–water partition coefficient (Wildman–Crippen LogP) is -4.03. The molecule has 1 fully saturated rings. The van der Waals surface area contributed by atoms with Crippen molar-refractivity contribution in [3.63, 3.8) is 0 Å². The first-order valence-electron chi connectivity index (χ1n) is 6.36. The zero-order valence-corrected chi connectivity index (χ0v) is 11.4. The van der Waals surface area contributed by atoms with Gasteiger partial charge in [-0.05, 0) is 6.92 Å². The van der Waals surface area contributed by atoms with Gasteiger partial charge in [0, 0.05) is 6.61 Å². The van der Waals surface area contributed by atoms with E-state index in [1.165, 1.54) is 6.92 Å². The lowest BCUT2D eigenvalue weighted by Gasteiger charge is -2.47. The number of rotatable bonds is 6. The molecule has 0 saturated carbocycles. The molecular weight excluding hydrogens is 290 g/mol. The number of hydrogen-bond acceptors (Lipinski definition) is 9. The number of carboxylic acids is 1. The monoisotopic (exact) mass is 311 g/mol. The summed E-state index contributed by atoms with van der Waals surface area (Å²) in [5, 5.41) is 57.2. The fourth-order valence-corrected chi connectivity index (χ4v) is 2.17. The van der Waals surface area contributed by atoms with Gasteiger partial charge in [0.2, 0.25) is 0 Å². The Kier molecular flexibility index (Phi) is 6.01. The highest BCUT2D eigenvalue weighted by atomic mass is 16.7. The molecule has 1 aliphatic rings. The van der Waals surface area contributed by atoms with E-state index in [-0.39, 0.29) is 6.61 Å². The van der Waals surface area contributed by atoms with Gasteiger partial charge in [-0.3, -0.25) is 0 Å². The summed E-state index contributed by atoms with van der Waals surface area (Å²) in [6.45, 7) is 0.640. The van der Waals surface area contributed by atoms with Crippen LogP contribution in [-0.2, 0) is 14.3 Å². The van der Waals surface area contributed by atoms with Gasteiger partial charge in [0.1, 0.15) is 24.4 Å². The minimum absolute atomic E-state index is 0.0279. The first-order valence-corrected chi connectivity index (χ1v) is 6.36. The zero-order chi connectivity index (χ0) is 16.4. The second kappa shape index (κ2) is 6.94. The molecule has 10 heteroatoms. The van der Waals surface area contributed by atoms with Gasteiger partial charge in [-0.2, -0.15) is 0 Å². The van der Waals surface area contributed by atoms with E-state index in [0.717, 1.165) is 0 Å². The Morgan fingerprint density at radius 3 is 2.48 bits per heavy atom. The van der Waals surface area contributed by atoms with Gasteiger partial charge in [0.25, 0.3) is 5.79 Å². The van der Waals surface area contributed by atoms with Crippen LogP contribution in [0.25, 0.3) is 0 Å². The Balaban J connectivity index is 3.10. The summed E-state index contributed by atoms with van der Waals surface area (Å²) < 4.78 is 9.87. The summed E-state index contributed by atoms with van der Waals surface area (Å²) in [6.07, 6.45) is -8.47. The SMILES string of the molecule is CCOC1[C@H](O)[C@@H](N)[C@H]([C@H](O)[C@H](O)CO)OC1(O)C(=O)O. The van der Waals surface area contributed by atoms with Gasteiger partial charge < -0.3 is 45.8 Å². The number of aliphatic hydroxyl groups excluding tert-OH is 4. The van der Waals surface area contributed by atoms with Crippen molar-refractivity contribution in [3.8, 4) is 0 Å². The second-order valence-electron chi connectivity index (χ2n) is 4.77. The summed E-state index contributed by atoms with van der Waals surface area (Å²) in [5.74, 6) is -4.80. The largest absolute Gasteiger partial charge is 0.477 e. The number of carbonyl (C=O) groups is 1. The minimum atomic E-state index is -2.95. The predicted molar refractivity (Wildman–Crippen MR) is 66.0 cm³/mol. The van der Waals surface area contributed by atoms with E-state index in [9.17, 15) is 25.2 Å². The molecule has 0 aromatic rings. The van der Waals surface area contributed by atoms with Crippen molar-refractivity contribution in [2.24, 2.45) is 5.73 Å². The lowest BCUT2D eigenvalue weighted by molar-refractivity contribution is -0.337. The van der Waals surface area contributed by atoms with Crippen LogP contribution in [-0.4, -0.2) is 92.2 Å². The summed E-state index contributed by atoms with van der Waals surface area (Å²) >= 11 is 0. The first-order chi connectivity index (χ1) is 9.70. The normalized spacial score (nSPS) is 39.8. The van der Waals surface area contributed by atoms with Crippen LogP contribution < -0.4 is 5.73 Å². The Hall–Kier alpha value is -0.850. The molecule has 8 N–H and O–H groups in total. The number of ether oxygens (including phenoxy) is 2. The van der Waals surface area contributed by atoms with Crippen LogP contribution in [0.4, 0.5) is 0 Å². The standard InChI is InChI=1S/C11H21NO9/c1-2-20-9-7(16)5(12)8(6(15)4(14)3-13)21-11(9,19)10(17)18/h4-9,13-16,19H,2-3,12H2,1H3,(H,17,18)/t4-,5-,6-,7-,8-,9?,11?/m1/s1. The summed E-state index contributed by atoms with van der Waals surface area (Å²) in [7, 11) is 0. The van der Waals surface area contributed by atoms with Gasteiger partial charge in [-0.15, -0.1) is 0 Å². The van der Waals surface area contributed by atoms with E-state index >= 15 is 0 Å². The maximum Gasteiger partial charge on any atom is 0.367 e. The maximum absolute atomic E-state index is 11.2. The Bertz CT molecular complexity index is 368. The van der Waals surface area contributed by atoms with Crippen LogP contribution in [0.3, 0.4) is 0 Å². The fraction of sp³-hybridized carbons (Fsp3) is 0.909. The van der Waals surface area contributed by atoms with Crippen molar-refractivity contribution < 1.29 is 44.9 Å². The molecule has 7 atom stereocenters. The molecular formula is C11H21NO9. The molecule has 0 aromatic carbocycles. The molecule has 0 aromatic heterocycles. The quantitative estimate of drug-likeness (QED) is 0.255. The van der Waals surface area contributed by atoms with E-state index in [0.29, 0.717) is 0 Å². The van der Waals surface area contributed by atoms with Crippen LogP contribution >= 0.6 is 0 Å². The Morgan fingerprint density at radius 2 is 2.05 bits per heavy atom. The van der Waals surface area contributed by atoms with Crippen LogP contribution in [0.1, 0.15) is 6.92 Å². The fourth-order valence-electron chi connectivity index (χ4n) is 2.17. The molecule has 1 saturated heterocycles. The van der Waals surface area contributed by atoms with Crippen molar-refractivity contribution in [2.45, 2.75) is 49.3 Å². The van der Waals surface area contributed by atoms with Crippen molar-refractivity contribution in [3.05, 3.63) is 0 Å². The molecule has 1 heterocycles. The molecule has 0 radical (unpaired) electrons. The van der Waals surface area contributed by atoms with Crippen molar-refractivity contribution in [1.82, 2.24) is 0 Å². The smallest absolute Gasteiger partial charge is 0.367 e. The average molecular weight is 311 g/mol. The highest BCUT2D eigenvalue weighted by molar-refractivity contribution is 5.76. The number of aliphatic hydroxyl groups is 5. The number of carboxylic acid groups (broad SMARTS) is 1. The van der Waals surface area contributed by atoms with E-state index < -0.39 is 54.9 Å². The van der Waals surface area contributed by atoms with Gasteiger partial charge in [0.15, 0.2) is 6.10 Å². The number of aliphatic carboxylic acids is 1. The third-order valence-electron chi connectivity index (χ3n) is 3.36. The maximum atomic E-state index is 11.2. The molecule has 0 aliphatic carbocycles. The van der Waals surface area contributed by atoms with E-state index in [1.54, 1.807) is 0 Å². The topological polar surface area (TPSA) is 183 Å². The first kappa shape index (κ1) is 18.2. The van der Waals surface area contributed by atoms with E-state index in [2.05, 4.69) is 0 Å². The van der Waals surface area contributed by atoms with Crippen LogP contribution in [0.2, 0.25) is 0 Å². The summed E-state index contributed by atoms with van der Waals surface area (Å²) in [6, 6.07) is -1.35.